The summed E-state index contributed by atoms with van der Waals surface area (Å²) in [4.78, 5) is 0. The van der Waals surface area contributed by atoms with Crippen LogP contribution in [0.2, 0.25) is 0 Å². The smallest absolute Gasteiger partial charge is 0.161 e. The fourth-order valence-corrected chi connectivity index (χ4v) is 5.92. The number of methoxy groups -OCH3 is 2. The van der Waals surface area contributed by atoms with Crippen LogP contribution in [0.1, 0.15) is 0 Å². The highest BCUT2D eigenvalue weighted by molar-refractivity contribution is 7.26. The van der Waals surface area contributed by atoms with E-state index in [1.54, 1.807) is 14.2 Å². The van der Waals surface area contributed by atoms with Crippen LogP contribution in [0.4, 0.5) is 0 Å². The standard InChI is InChI=1S/C24H15NO3S/c1-26-12-6-8-14-18(10-12)28-23-16-4-3-5-17-20(16)25(21(14)23)22-15-9-7-13(27-2)11-19(15)29-24(17)22/h3-11H,1-2H3. The summed E-state index contributed by atoms with van der Waals surface area (Å²) < 4.78 is 22.1. The molecule has 4 nitrogen and oxygen atoms in total. The maximum Gasteiger partial charge on any atom is 0.161 e. The quantitative estimate of drug-likeness (QED) is 0.321. The van der Waals surface area contributed by atoms with Gasteiger partial charge in [-0.25, -0.2) is 0 Å². The van der Waals surface area contributed by atoms with Crippen LogP contribution in [0.15, 0.2) is 59.0 Å². The molecule has 4 aromatic heterocycles. The predicted octanol–water partition coefficient (Wildman–Crippen LogP) is 6.81. The van der Waals surface area contributed by atoms with E-state index < -0.39 is 0 Å². The minimum atomic E-state index is 0.800. The van der Waals surface area contributed by atoms with Crippen molar-refractivity contribution >= 4 is 70.0 Å². The summed E-state index contributed by atoms with van der Waals surface area (Å²) in [7, 11) is 3.39. The summed E-state index contributed by atoms with van der Waals surface area (Å²) in [5.74, 6) is 1.68. The zero-order chi connectivity index (χ0) is 19.3. The van der Waals surface area contributed by atoms with E-state index in [4.69, 9.17) is 13.9 Å². The molecule has 0 amide bonds. The molecule has 0 aliphatic heterocycles. The Balaban J connectivity index is 1.78. The summed E-state index contributed by atoms with van der Waals surface area (Å²) in [6, 6.07) is 18.9. The van der Waals surface area contributed by atoms with Gasteiger partial charge in [-0.1, -0.05) is 12.1 Å². The Morgan fingerprint density at radius 3 is 2.34 bits per heavy atom. The van der Waals surface area contributed by atoms with Crippen LogP contribution in [0, 0.1) is 0 Å². The van der Waals surface area contributed by atoms with E-state index in [9.17, 15) is 0 Å². The maximum absolute atomic E-state index is 6.34. The number of benzene rings is 3. The number of thiophene rings is 1. The topological polar surface area (TPSA) is 36.0 Å². The van der Waals surface area contributed by atoms with E-state index in [0.717, 1.165) is 39.0 Å². The second kappa shape index (κ2) is 5.13. The summed E-state index contributed by atoms with van der Waals surface area (Å²) in [6.45, 7) is 0. The van der Waals surface area contributed by atoms with E-state index in [-0.39, 0.29) is 0 Å². The molecule has 0 bridgehead atoms. The molecule has 0 saturated carbocycles. The van der Waals surface area contributed by atoms with Crippen LogP contribution in [0.5, 0.6) is 11.5 Å². The molecule has 0 fully saturated rings. The normalized spacial score (nSPS) is 12.5. The monoisotopic (exact) mass is 397 g/mol. The Kier molecular flexibility index (Phi) is 2.74. The van der Waals surface area contributed by atoms with Gasteiger partial charge >= 0.3 is 0 Å². The van der Waals surface area contributed by atoms with Crippen LogP contribution < -0.4 is 9.47 Å². The first kappa shape index (κ1) is 15.5. The number of aromatic nitrogens is 1. The molecule has 0 unspecified atom stereocenters. The van der Waals surface area contributed by atoms with Gasteiger partial charge in [-0.05, 0) is 36.4 Å². The lowest BCUT2D eigenvalue weighted by atomic mass is 10.1. The number of hydrogen-bond donors (Lipinski definition) is 0. The number of rotatable bonds is 2. The molecular weight excluding hydrogens is 382 g/mol. The minimum Gasteiger partial charge on any atom is -0.497 e. The Bertz CT molecular complexity index is 1610. The van der Waals surface area contributed by atoms with Crippen molar-refractivity contribution in [3.63, 3.8) is 0 Å². The molecule has 5 heteroatoms. The SMILES string of the molecule is COc1ccc2c(c1)oc1c3cccc4c5sc6cc(OC)ccc6c5n(c34)c21. The third-order valence-electron chi connectivity index (χ3n) is 5.94. The average Bonchev–Trinajstić information content (AvgIpc) is 3.47. The molecule has 0 N–H and O–H groups in total. The van der Waals surface area contributed by atoms with Gasteiger partial charge in [-0.3, -0.25) is 0 Å². The van der Waals surface area contributed by atoms with Crippen LogP contribution in [-0.4, -0.2) is 18.6 Å². The van der Waals surface area contributed by atoms with E-state index in [1.807, 2.05) is 29.5 Å². The van der Waals surface area contributed by atoms with Gasteiger partial charge in [-0.2, -0.15) is 0 Å². The van der Waals surface area contributed by atoms with Gasteiger partial charge < -0.3 is 18.3 Å². The molecule has 3 aromatic carbocycles. The van der Waals surface area contributed by atoms with Crippen LogP contribution in [0.3, 0.4) is 0 Å². The largest absolute Gasteiger partial charge is 0.497 e. The Labute approximate surface area is 168 Å². The highest BCUT2D eigenvalue weighted by atomic mass is 32.1. The molecular formula is C24H15NO3S. The van der Waals surface area contributed by atoms with Crippen LogP contribution >= 0.6 is 11.3 Å². The third-order valence-corrected chi connectivity index (χ3v) is 7.11. The second-order valence-corrected chi connectivity index (χ2v) is 8.37. The Morgan fingerprint density at radius 2 is 1.52 bits per heavy atom. The minimum absolute atomic E-state index is 0.800. The van der Waals surface area contributed by atoms with Crippen molar-refractivity contribution in [1.29, 1.82) is 0 Å². The fourth-order valence-electron chi connectivity index (χ4n) is 4.68. The molecule has 7 aromatic rings. The van der Waals surface area contributed by atoms with Gasteiger partial charge in [0.2, 0.25) is 0 Å². The van der Waals surface area contributed by atoms with Crippen molar-refractivity contribution in [2.24, 2.45) is 0 Å². The van der Waals surface area contributed by atoms with Crippen molar-refractivity contribution in [3.05, 3.63) is 54.6 Å². The van der Waals surface area contributed by atoms with Gasteiger partial charge in [0.1, 0.15) is 22.6 Å². The summed E-state index contributed by atoms with van der Waals surface area (Å²) in [5, 5.41) is 4.76. The average molecular weight is 397 g/mol. The van der Waals surface area contributed by atoms with Crippen molar-refractivity contribution in [2.45, 2.75) is 0 Å². The highest BCUT2D eigenvalue weighted by Crippen LogP contribution is 2.48. The molecule has 0 aliphatic carbocycles. The lowest BCUT2D eigenvalue weighted by molar-refractivity contribution is 0.414. The predicted molar refractivity (Wildman–Crippen MR) is 119 cm³/mol. The van der Waals surface area contributed by atoms with Crippen molar-refractivity contribution in [2.75, 3.05) is 14.2 Å². The lowest BCUT2D eigenvalue weighted by Gasteiger charge is -2.00. The van der Waals surface area contributed by atoms with Gasteiger partial charge in [0.25, 0.3) is 0 Å². The van der Waals surface area contributed by atoms with E-state index in [2.05, 4.69) is 40.8 Å². The molecule has 29 heavy (non-hydrogen) atoms. The molecule has 0 aliphatic rings. The summed E-state index contributed by atoms with van der Waals surface area (Å²) >= 11 is 1.82. The first-order valence-electron chi connectivity index (χ1n) is 9.43. The molecule has 4 heterocycles. The van der Waals surface area contributed by atoms with Crippen molar-refractivity contribution < 1.29 is 13.9 Å². The number of hydrogen-bond acceptors (Lipinski definition) is 4. The van der Waals surface area contributed by atoms with Crippen molar-refractivity contribution in [1.82, 2.24) is 4.40 Å². The number of furan rings is 1. The number of ether oxygens (including phenoxy) is 2. The maximum atomic E-state index is 6.34. The Morgan fingerprint density at radius 1 is 0.759 bits per heavy atom. The molecule has 0 spiro atoms. The van der Waals surface area contributed by atoms with Gasteiger partial charge in [0.15, 0.2) is 5.58 Å². The van der Waals surface area contributed by atoms with E-state index >= 15 is 0 Å². The van der Waals surface area contributed by atoms with Crippen molar-refractivity contribution in [3.8, 4) is 11.5 Å². The molecule has 0 radical (unpaired) electrons. The number of para-hydroxylation sites is 1. The first-order chi connectivity index (χ1) is 14.3. The van der Waals surface area contributed by atoms with Gasteiger partial charge in [-0.15, -0.1) is 11.3 Å². The third kappa shape index (κ3) is 1.75. The zero-order valence-electron chi connectivity index (χ0n) is 15.8. The summed E-state index contributed by atoms with van der Waals surface area (Å²) in [6.07, 6.45) is 0. The second-order valence-electron chi connectivity index (χ2n) is 7.32. The van der Waals surface area contributed by atoms with Crippen LogP contribution in [-0.2, 0) is 0 Å². The molecule has 0 atom stereocenters. The van der Waals surface area contributed by atoms with Gasteiger partial charge in [0, 0.05) is 32.3 Å². The number of fused-ring (bicyclic) bond motifs is 10. The summed E-state index contributed by atoms with van der Waals surface area (Å²) in [5.41, 5.74) is 5.38. The fraction of sp³-hybridized carbons (Fsp3) is 0.0833. The number of nitrogens with zero attached hydrogens (tertiary/aromatic N) is 1. The Hall–Kier alpha value is -3.44. The highest BCUT2D eigenvalue weighted by Gasteiger charge is 2.24. The van der Waals surface area contributed by atoms with E-state index in [1.165, 1.54) is 31.2 Å². The van der Waals surface area contributed by atoms with Gasteiger partial charge in [0.05, 0.1) is 30.0 Å². The zero-order valence-corrected chi connectivity index (χ0v) is 16.6. The molecule has 7 rings (SSSR count). The molecule has 0 saturated heterocycles. The van der Waals surface area contributed by atoms with Crippen LogP contribution in [0.25, 0.3) is 58.7 Å². The lowest BCUT2D eigenvalue weighted by Crippen LogP contribution is -1.83. The molecule has 140 valence electrons. The van der Waals surface area contributed by atoms with E-state index in [0.29, 0.717) is 0 Å². The first-order valence-corrected chi connectivity index (χ1v) is 10.2.